The smallest absolute Gasteiger partial charge is 0.224 e. The molecule has 0 unspecified atom stereocenters. The summed E-state index contributed by atoms with van der Waals surface area (Å²) in [5, 5.41) is 23.8. The number of hydrogen-bond acceptors (Lipinski definition) is 8. The Bertz CT molecular complexity index is 1180. The van der Waals surface area contributed by atoms with Crippen LogP contribution in [0.2, 0.25) is 0 Å². The van der Waals surface area contributed by atoms with Gasteiger partial charge >= 0.3 is 0 Å². The zero-order valence-electron chi connectivity index (χ0n) is 19.2. The zero-order valence-corrected chi connectivity index (χ0v) is 19.2. The van der Waals surface area contributed by atoms with Gasteiger partial charge in [0.05, 0.1) is 23.9 Å². The number of aryl methyl sites for hydroxylation is 1. The standard InChI is InChI=1S/C24H29N7O2/c1-16-28-22(30-8-4-7-24(2,3)15-30)10-23(29-16)33-21-9-17(11-25)5-6-19(21)31-14-18(13-27-31)20(32)12-26/h5-6,9-10,13-14,20,32H,4,7-8,12,15,26H2,1-3H3/t20-/m0/s1. The molecule has 1 atom stereocenters. The molecule has 3 aromatic rings. The number of ether oxygens (including phenoxy) is 1. The van der Waals surface area contributed by atoms with Gasteiger partial charge in [-0.25, -0.2) is 9.67 Å². The molecule has 4 rings (SSSR count). The minimum atomic E-state index is -0.803. The van der Waals surface area contributed by atoms with Gasteiger partial charge in [-0.2, -0.15) is 15.3 Å². The van der Waals surface area contributed by atoms with Crippen molar-refractivity contribution in [3.63, 3.8) is 0 Å². The van der Waals surface area contributed by atoms with Gasteiger partial charge in [0.15, 0.2) is 5.75 Å². The fourth-order valence-corrected chi connectivity index (χ4v) is 4.10. The molecule has 1 aromatic carbocycles. The van der Waals surface area contributed by atoms with E-state index in [1.165, 1.54) is 6.42 Å². The maximum Gasteiger partial charge on any atom is 0.224 e. The van der Waals surface area contributed by atoms with Crippen molar-refractivity contribution in [2.45, 2.75) is 39.7 Å². The number of aliphatic hydroxyl groups excluding tert-OH is 1. The Hall–Kier alpha value is -3.48. The lowest BCUT2D eigenvalue weighted by molar-refractivity contribution is 0.186. The minimum absolute atomic E-state index is 0.0959. The molecule has 0 spiro atoms. The third-order valence-corrected chi connectivity index (χ3v) is 5.79. The van der Waals surface area contributed by atoms with Crippen molar-refractivity contribution in [3.05, 3.63) is 53.6 Å². The Morgan fingerprint density at radius 2 is 2.12 bits per heavy atom. The molecule has 9 nitrogen and oxygen atoms in total. The van der Waals surface area contributed by atoms with E-state index in [1.54, 1.807) is 35.3 Å². The minimum Gasteiger partial charge on any atom is -0.437 e. The van der Waals surface area contributed by atoms with Crippen LogP contribution in [-0.2, 0) is 0 Å². The lowest BCUT2D eigenvalue weighted by Gasteiger charge is -2.38. The van der Waals surface area contributed by atoms with E-state index < -0.39 is 6.10 Å². The first-order chi connectivity index (χ1) is 15.8. The monoisotopic (exact) mass is 447 g/mol. The normalized spacial score (nSPS) is 16.3. The molecule has 3 heterocycles. The number of hydrogen-bond donors (Lipinski definition) is 2. The van der Waals surface area contributed by atoms with Crippen LogP contribution in [0.3, 0.4) is 0 Å². The van der Waals surface area contributed by atoms with E-state index in [9.17, 15) is 10.4 Å². The summed E-state index contributed by atoms with van der Waals surface area (Å²) in [5.41, 5.74) is 7.44. The maximum absolute atomic E-state index is 10.0. The van der Waals surface area contributed by atoms with Gasteiger partial charge in [-0.15, -0.1) is 0 Å². The molecule has 1 saturated heterocycles. The highest BCUT2D eigenvalue weighted by molar-refractivity contribution is 5.53. The molecular weight excluding hydrogens is 418 g/mol. The Kier molecular flexibility index (Phi) is 6.31. The second-order valence-corrected chi connectivity index (χ2v) is 9.17. The first-order valence-corrected chi connectivity index (χ1v) is 11.0. The molecule has 0 bridgehead atoms. The molecule has 1 fully saturated rings. The quantitative estimate of drug-likeness (QED) is 0.590. The van der Waals surface area contributed by atoms with E-state index in [-0.39, 0.29) is 12.0 Å². The van der Waals surface area contributed by atoms with Crippen LogP contribution in [-0.4, -0.2) is 44.5 Å². The number of rotatable bonds is 6. The SMILES string of the molecule is Cc1nc(Oc2cc(C#N)ccc2-n2cc([C@@H](O)CN)cn2)cc(N2CCCC(C)(C)C2)n1. The van der Waals surface area contributed by atoms with E-state index in [2.05, 4.69) is 39.9 Å². The summed E-state index contributed by atoms with van der Waals surface area (Å²) in [6.07, 6.45) is 4.74. The van der Waals surface area contributed by atoms with Gasteiger partial charge in [-0.05, 0) is 37.3 Å². The van der Waals surface area contributed by atoms with Crippen molar-refractivity contribution in [2.24, 2.45) is 11.1 Å². The molecule has 33 heavy (non-hydrogen) atoms. The summed E-state index contributed by atoms with van der Waals surface area (Å²) in [4.78, 5) is 11.4. The van der Waals surface area contributed by atoms with Crippen LogP contribution in [0.15, 0.2) is 36.7 Å². The summed E-state index contributed by atoms with van der Waals surface area (Å²) in [6, 6.07) is 9.07. The topological polar surface area (TPSA) is 126 Å². The molecule has 3 N–H and O–H groups in total. The average Bonchev–Trinajstić information content (AvgIpc) is 3.27. The van der Waals surface area contributed by atoms with Crippen LogP contribution < -0.4 is 15.4 Å². The number of nitrogens with two attached hydrogens (primary N) is 1. The first-order valence-electron chi connectivity index (χ1n) is 11.0. The van der Waals surface area contributed by atoms with Crippen LogP contribution in [0.5, 0.6) is 11.6 Å². The highest BCUT2D eigenvalue weighted by Crippen LogP contribution is 2.34. The number of aliphatic hydroxyl groups is 1. The third-order valence-electron chi connectivity index (χ3n) is 5.79. The highest BCUT2D eigenvalue weighted by atomic mass is 16.5. The van der Waals surface area contributed by atoms with Gasteiger partial charge in [-0.3, -0.25) is 0 Å². The van der Waals surface area contributed by atoms with Gasteiger partial charge in [-0.1, -0.05) is 13.8 Å². The predicted molar refractivity (Wildman–Crippen MR) is 124 cm³/mol. The Morgan fingerprint density at radius 1 is 1.30 bits per heavy atom. The van der Waals surface area contributed by atoms with E-state index in [0.29, 0.717) is 34.3 Å². The fourth-order valence-electron chi connectivity index (χ4n) is 4.10. The molecule has 1 aliphatic heterocycles. The van der Waals surface area contributed by atoms with Crippen LogP contribution in [0.4, 0.5) is 5.82 Å². The van der Waals surface area contributed by atoms with Crippen molar-refractivity contribution in [1.82, 2.24) is 19.7 Å². The number of anilines is 1. The molecule has 2 aromatic heterocycles. The first kappa shape index (κ1) is 22.7. The van der Waals surface area contributed by atoms with E-state index in [1.807, 2.05) is 13.0 Å². The molecule has 0 aliphatic carbocycles. The van der Waals surface area contributed by atoms with Crippen molar-refractivity contribution < 1.29 is 9.84 Å². The van der Waals surface area contributed by atoms with Gasteiger partial charge in [0.2, 0.25) is 5.88 Å². The van der Waals surface area contributed by atoms with Gasteiger partial charge in [0.25, 0.3) is 0 Å². The van der Waals surface area contributed by atoms with Crippen molar-refractivity contribution in [2.75, 3.05) is 24.5 Å². The molecule has 0 amide bonds. The second kappa shape index (κ2) is 9.17. The summed E-state index contributed by atoms with van der Waals surface area (Å²) in [7, 11) is 0. The molecular formula is C24H29N7O2. The lowest BCUT2D eigenvalue weighted by atomic mass is 9.84. The van der Waals surface area contributed by atoms with Crippen molar-refractivity contribution >= 4 is 5.82 Å². The molecule has 9 heteroatoms. The number of nitrogens with zero attached hydrogens (tertiary/aromatic N) is 6. The third kappa shape index (κ3) is 5.13. The number of benzene rings is 1. The van der Waals surface area contributed by atoms with Crippen molar-refractivity contribution in [3.8, 4) is 23.4 Å². The summed E-state index contributed by atoms with van der Waals surface area (Å²) >= 11 is 0. The van der Waals surface area contributed by atoms with E-state index >= 15 is 0 Å². The molecule has 1 aliphatic rings. The largest absolute Gasteiger partial charge is 0.437 e. The highest BCUT2D eigenvalue weighted by Gasteiger charge is 2.27. The van der Waals surface area contributed by atoms with Crippen LogP contribution in [0.1, 0.15) is 49.7 Å². The molecule has 0 saturated carbocycles. The predicted octanol–water partition coefficient (Wildman–Crippen LogP) is 3.25. The average molecular weight is 448 g/mol. The van der Waals surface area contributed by atoms with Crippen LogP contribution in [0, 0.1) is 23.7 Å². The van der Waals surface area contributed by atoms with Crippen LogP contribution >= 0.6 is 0 Å². The number of aromatic nitrogens is 4. The maximum atomic E-state index is 10.0. The fraction of sp³-hybridized carbons (Fsp3) is 0.417. The Balaban J connectivity index is 1.68. The zero-order chi connectivity index (χ0) is 23.6. The summed E-state index contributed by atoms with van der Waals surface area (Å²) < 4.78 is 7.78. The van der Waals surface area contributed by atoms with Crippen LogP contribution in [0.25, 0.3) is 5.69 Å². The van der Waals surface area contributed by atoms with E-state index in [4.69, 9.17) is 10.5 Å². The number of nitriles is 1. The second-order valence-electron chi connectivity index (χ2n) is 9.17. The van der Waals surface area contributed by atoms with E-state index in [0.717, 1.165) is 25.3 Å². The van der Waals surface area contributed by atoms with Crippen molar-refractivity contribution in [1.29, 1.82) is 5.26 Å². The van der Waals surface area contributed by atoms with Gasteiger partial charge < -0.3 is 20.5 Å². The lowest BCUT2D eigenvalue weighted by Crippen LogP contribution is -2.40. The Labute approximate surface area is 193 Å². The van der Waals surface area contributed by atoms with Gasteiger partial charge in [0.1, 0.15) is 17.3 Å². The Morgan fingerprint density at radius 3 is 2.85 bits per heavy atom. The summed E-state index contributed by atoms with van der Waals surface area (Å²) in [5.74, 6) is 2.26. The van der Waals surface area contributed by atoms with Gasteiger partial charge in [0, 0.05) is 43.5 Å². The summed E-state index contributed by atoms with van der Waals surface area (Å²) in [6.45, 7) is 8.32. The molecule has 0 radical (unpaired) electrons. The molecule has 172 valence electrons. The number of piperidine rings is 1.